The van der Waals surface area contributed by atoms with Crippen molar-refractivity contribution in [3.8, 4) is 0 Å². The van der Waals surface area contributed by atoms with Gasteiger partial charge >= 0.3 is 17.9 Å². The van der Waals surface area contributed by atoms with Crippen LogP contribution >= 0.6 is 0 Å². The highest BCUT2D eigenvalue weighted by atomic mass is 16.4. The summed E-state index contributed by atoms with van der Waals surface area (Å²) >= 11 is 0. The molecule has 0 radical (unpaired) electrons. The van der Waals surface area contributed by atoms with E-state index in [0.29, 0.717) is 6.42 Å². The minimum atomic E-state index is -0.981. The lowest BCUT2D eigenvalue weighted by Gasteiger charge is -2.24. The number of aliphatic carboxylic acids is 3. The van der Waals surface area contributed by atoms with Gasteiger partial charge in [-0.1, -0.05) is 26.7 Å². The molecule has 0 amide bonds. The number of hydrogen-bond acceptors (Lipinski definition) is 8. The summed E-state index contributed by atoms with van der Waals surface area (Å²) < 4.78 is 0. The fourth-order valence-corrected chi connectivity index (χ4v) is 0.485. The van der Waals surface area contributed by atoms with Gasteiger partial charge in [0.25, 0.3) is 0 Å². The van der Waals surface area contributed by atoms with E-state index in [1.807, 2.05) is 6.92 Å². The van der Waals surface area contributed by atoms with Crippen LogP contribution in [0.15, 0.2) is 38.0 Å². The van der Waals surface area contributed by atoms with E-state index in [2.05, 4.69) is 19.7 Å². The standard InChI is InChI=1S/C6H14O3.C3H8O2.3C3H4O2/c1-2-6(3-7,4-8)5-9;1-3(5)2-4;3*1-2-3(4)5/h7-9H,2-5H2,1H3;3-5H,2H2,1H3;3*2H,1H2,(H,4,5). The van der Waals surface area contributed by atoms with Crippen LogP contribution in [0.2, 0.25) is 0 Å². The molecular formula is C18H34O11. The topological polar surface area (TPSA) is 213 Å². The minimum Gasteiger partial charge on any atom is -0.478 e. The Kier molecular flexibility index (Phi) is 35.5. The van der Waals surface area contributed by atoms with Crippen molar-refractivity contribution in [2.24, 2.45) is 5.41 Å². The maximum absolute atomic E-state index is 9.25. The third kappa shape index (κ3) is 46.0. The van der Waals surface area contributed by atoms with E-state index in [1.165, 1.54) is 6.92 Å². The lowest BCUT2D eigenvalue weighted by molar-refractivity contribution is -0.132. The fraction of sp³-hybridized carbons (Fsp3) is 0.500. The Balaban J connectivity index is -0.0000000853. The molecule has 0 spiro atoms. The molecule has 0 aromatic carbocycles. The van der Waals surface area contributed by atoms with Crippen LogP contribution in [0.1, 0.15) is 20.3 Å². The van der Waals surface area contributed by atoms with Gasteiger partial charge in [-0.25, -0.2) is 14.4 Å². The van der Waals surface area contributed by atoms with Crippen LogP contribution in [0.3, 0.4) is 0 Å². The van der Waals surface area contributed by atoms with E-state index < -0.39 is 29.4 Å². The fourth-order valence-electron chi connectivity index (χ4n) is 0.485. The van der Waals surface area contributed by atoms with Gasteiger partial charge < -0.3 is 40.9 Å². The molecule has 0 aromatic rings. The van der Waals surface area contributed by atoms with Crippen molar-refractivity contribution < 1.29 is 55.2 Å². The maximum Gasteiger partial charge on any atom is 0.327 e. The van der Waals surface area contributed by atoms with E-state index >= 15 is 0 Å². The molecule has 8 N–H and O–H groups in total. The first kappa shape index (κ1) is 37.2. The van der Waals surface area contributed by atoms with Crippen LogP contribution in [0.5, 0.6) is 0 Å². The van der Waals surface area contributed by atoms with Crippen molar-refractivity contribution in [1.29, 1.82) is 0 Å². The molecule has 0 aliphatic carbocycles. The first-order chi connectivity index (χ1) is 13.3. The molecule has 1 atom stereocenters. The lowest BCUT2D eigenvalue weighted by atomic mass is 9.88. The Morgan fingerprint density at radius 1 is 0.793 bits per heavy atom. The first-order valence-corrected chi connectivity index (χ1v) is 8.00. The molecule has 29 heavy (non-hydrogen) atoms. The van der Waals surface area contributed by atoms with E-state index in [-0.39, 0.29) is 26.4 Å². The van der Waals surface area contributed by atoms with E-state index in [9.17, 15) is 14.4 Å². The molecule has 172 valence electrons. The van der Waals surface area contributed by atoms with Gasteiger partial charge in [0.1, 0.15) is 0 Å². The number of aliphatic hydroxyl groups excluding tert-OH is 5. The number of aliphatic hydroxyl groups is 5. The Labute approximate surface area is 170 Å². The van der Waals surface area contributed by atoms with Gasteiger partial charge in [-0.3, -0.25) is 0 Å². The molecule has 0 heterocycles. The van der Waals surface area contributed by atoms with Crippen LogP contribution in [0.25, 0.3) is 0 Å². The third-order valence-electron chi connectivity index (χ3n) is 2.54. The van der Waals surface area contributed by atoms with Gasteiger partial charge in [0.2, 0.25) is 0 Å². The highest BCUT2D eigenvalue weighted by molar-refractivity contribution is 5.79. The van der Waals surface area contributed by atoms with Gasteiger partial charge in [0.05, 0.1) is 32.5 Å². The summed E-state index contributed by atoms with van der Waals surface area (Å²) in [5.41, 5.74) is -0.667. The second kappa shape index (κ2) is 27.6. The van der Waals surface area contributed by atoms with Gasteiger partial charge in [0, 0.05) is 23.6 Å². The first-order valence-electron chi connectivity index (χ1n) is 8.00. The van der Waals surface area contributed by atoms with E-state index in [0.717, 1.165) is 18.2 Å². The monoisotopic (exact) mass is 426 g/mol. The van der Waals surface area contributed by atoms with Crippen molar-refractivity contribution in [1.82, 2.24) is 0 Å². The zero-order chi connectivity index (χ0) is 24.5. The molecule has 0 aliphatic rings. The largest absolute Gasteiger partial charge is 0.478 e. The number of carbonyl (C=O) groups is 3. The predicted molar refractivity (Wildman–Crippen MR) is 106 cm³/mol. The summed E-state index contributed by atoms with van der Waals surface area (Å²) in [7, 11) is 0. The van der Waals surface area contributed by atoms with Gasteiger partial charge in [-0.15, -0.1) is 0 Å². The maximum atomic E-state index is 9.25. The number of rotatable bonds is 8. The van der Waals surface area contributed by atoms with Gasteiger partial charge in [-0.2, -0.15) is 0 Å². The summed E-state index contributed by atoms with van der Waals surface area (Å²) in [5.74, 6) is -2.94. The second-order valence-corrected chi connectivity index (χ2v) is 4.99. The quantitative estimate of drug-likeness (QED) is 0.231. The molecule has 1 unspecified atom stereocenters. The van der Waals surface area contributed by atoms with Crippen LogP contribution in [0.4, 0.5) is 0 Å². The number of hydrogen-bond donors (Lipinski definition) is 8. The molecule has 0 saturated heterocycles. The summed E-state index contributed by atoms with van der Waals surface area (Å²) in [6.07, 6.45) is 2.53. The predicted octanol–water partition coefficient (Wildman–Crippen LogP) is -0.510. The zero-order valence-corrected chi connectivity index (χ0v) is 16.8. The Bertz CT molecular complexity index is 381. The molecule has 11 nitrogen and oxygen atoms in total. The highest BCUT2D eigenvalue weighted by Gasteiger charge is 2.24. The third-order valence-corrected chi connectivity index (χ3v) is 2.54. The molecule has 11 heteroatoms. The second-order valence-electron chi connectivity index (χ2n) is 4.99. The van der Waals surface area contributed by atoms with Crippen molar-refractivity contribution in [2.75, 3.05) is 26.4 Å². The lowest BCUT2D eigenvalue weighted by Crippen LogP contribution is -2.32. The van der Waals surface area contributed by atoms with Crippen molar-refractivity contribution >= 4 is 17.9 Å². The molecule has 0 aliphatic heterocycles. The van der Waals surface area contributed by atoms with E-state index in [4.69, 9.17) is 40.9 Å². The summed E-state index contributed by atoms with van der Waals surface area (Å²) in [5, 5.41) is 64.8. The smallest absolute Gasteiger partial charge is 0.327 e. The average molecular weight is 426 g/mol. The summed E-state index contributed by atoms with van der Waals surface area (Å²) in [6, 6.07) is 0. The van der Waals surface area contributed by atoms with Crippen LogP contribution in [0, 0.1) is 5.41 Å². The Hall–Kier alpha value is -2.57. The van der Waals surface area contributed by atoms with Crippen LogP contribution in [-0.4, -0.2) is 91.3 Å². The Morgan fingerprint density at radius 3 is 0.966 bits per heavy atom. The molecule has 0 rings (SSSR count). The van der Waals surface area contributed by atoms with Crippen molar-refractivity contribution in [3.63, 3.8) is 0 Å². The SMILES string of the molecule is C=CC(=O)O.C=CC(=O)O.C=CC(=O)O.CC(O)CO.CCC(CO)(CO)CO. The number of carboxylic acids is 3. The molecule has 0 saturated carbocycles. The molecule has 0 aromatic heterocycles. The van der Waals surface area contributed by atoms with E-state index in [1.54, 1.807) is 0 Å². The van der Waals surface area contributed by atoms with Crippen LogP contribution < -0.4 is 0 Å². The summed E-state index contributed by atoms with van der Waals surface area (Å²) in [6.45, 7) is 11.6. The zero-order valence-electron chi connectivity index (χ0n) is 16.8. The minimum absolute atomic E-state index is 0.139. The molecule has 0 bridgehead atoms. The molecule has 0 fully saturated rings. The van der Waals surface area contributed by atoms with Crippen LogP contribution in [-0.2, 0) is 14.4 Å². The molecular weight excluding hydrogens is 392 g/mol. The van der Waals surface area contributed by atoms with Crippen molar-refractivity contribution in [2.45, 2.75) is 26.4 Å². The normalized spacial score (nSPS) is 9.62. The average Bonchev–Trinajstić information content (AvgIpc) is 2.71. The number of carboxylic acid groups (broad SMARTS) is 3. The summed E-state index contributed by atoms with van der Waals surface area (Å²) in [4.78, 5) is 27.8. The van der Waals surface area contributed by atoms with Crippen molar-refractivity contribution in [3.05, 3.63) is 38.0 Å². The van der Waals surface area contributed by atoms with Gasteiger partial charge in [0.15, 0.2) is 0 Å². The Morgan fingerprint density at radius 2 is 0.966 bits per heavy atom. The highest BCUT2D eigenvalue weighted by Crippen LogP contribution is 2.18. The van der Waals surface area contributed by atoms with Gasteiger partial charge in [-0.05, 0) is 13.3 Å².